The normalized spacial score (nSPS) is 11.1. The zero-order valence-electron chi connectivity index (χ0n) is 8.94. The number of phenols is 1. The van der Waals surface area contributed by atoms with Gasteiger partial charge in [-0.1, -0.05) is 6.07 Å². The highest BCUT2D eigenvalue weighted by atomic mass is 16.3. The molecule has 0 aliphatic rings. The predicted octanol–water partition coefficient (Wildman–Crippen LogP) is 2.00. The third-order valence-corrected chi connectivity index (χ3v) is 2.29. The third-order valence-electron chi connectivity index (χ3n) is 2.29. The van der Waals surface area contributed by atoms with E-state index in [9.17, 15) is 5.11 Å². The molecule has 0 unspecified atom stereocenters. The molecule has 0 radical (unpaired) electrons. The van der Waals surface area contributed by atoms with Gasteiger partial charge in [-0.05, 0) is 32.3 Å². The van der Waals surface area contributed by atoms with Crippen molar-refractivity contribution in [1.29, 1.82) is 0 Å². The summed E-state index contributed by atoms with van der Waals surface area (Å²) in [5.74, 6) is 0.337. The topological polar surface area (TPSA) is 36.4 Å². The Labute approximate surface area is 89.0 Å². The Morgan fingerprint density at radius 3 is 2.87 bits per heavy atom. The van der Waals surface area contributed by atoms with Crippen LogP contribution in [0, 0.1) is 0 Å². The van der Waals surface area contributed by atoms with Crippen molar-refractivity contribution in [3.8, 4) is 5.75 Å². The molecule has 0 aliphatic heterocycles. The smallest absolute Gasteiger partial charge is 0.120 e. The minimum atomic E-state index is 0.337. The highest BCUT2D eigenvalue weighted by Gasteiger charge is 2.05. The SMILES string of the molecule is CN(C)Cc1cc2ncccc2cc1O. The number of pyridine rings is 1. The molecule has 1 aromatic carbocycles. The molecule has 0 spiro atoms. The van der Waals surface area contributed by atoms with E-state index in [-0.39, 0.29) is 0 Å². The summed E-state index contributed by atoms with van der Waals surface area (Å²) >= 11 is 0. The van der Waals surface area contributed by atoms with Gasteiger partial charge in [0.15, 0.2) is 0 Å². The summed E-state index contributed by atoms with van der Waals surface area (Å²) in [6.07, 6.45) is 1.76. The van der Waals surface area contributed by atoms with Crippen molar-refractivity contribution in [2.45, 2.75) is 6.54 Å². The first-order chi connectivity index (χ1) is 7.16. The van der Waals surface area contributed by atoms with Gasteiger partial charge in [0.1, 0.15) is 5.75 Å². The Morgan fingerprint density at radius 1 is 1.33 bits per heavy atom. The Hall–Kier alpha value is -1.61. The maximum atomic E-state index is 9.80. The van der Waals surface area contributed by atoms with E-state index >= 15 is 0 Å². The van der Waals surface area contributed by atoms with Crippen molar-refractivity contribution in [2.75, 3.05) is 14.1 Å². The molecule has 0 fully saturated rings. The number of benzene rings is 1. The summed E-state index contributed by atoms with van der Waals surface area (Å²) in [5, 5.41) is 10.8. The lowest BCUT2D eigenvalue weighted by Gasteiger charge is -2.11. The molecule has 3 heteroatoms. The van der Waals surface area contributed by atoms with Crippen LogP contribution in [-0.4, -0.2) is 29.1 Å². The maximum Gasteiger partial charge on any atom is 0.120 e. The van der Waals surface area contributed by atoms with Gasteiger partial charge in [-0.3, -0.25) is 4.98 Å². The molecule has 15 heavy (non-hydrogen) atoms. The number of rotatable bonds is 2. The van der Waals surface area contributed by atoms with Gasteiger partial charge in [-0.15, -0.1) is 0 Å². The van der Waals surface area contributed by atoms with E-state index < -0.39 is 0 Å². The number of hydrogen-bond donors (Lipinski definition) is 1. The van der Waals surface area contributed by atoms with Crippen LogP contribution in [0.2, 0.25) is 0 Å². The minimum Gasteiger partial charge on any atom is -0.508 e. The number of fused-ring (bicyclic) bond motifs is 1. The van der Waals surface area contributed by atoms with E-state index in [0.717, 1.165) is 23.0 Å². The predicted molar refractivity (Wildman–Crippen MR) is 60.8 cm³/mol. The largest absolute Gasteiger partial charge is 0.508 e. The lowest BCUT2D eigenvalue weighted by Crippen LogP contribution is -2.10. The lowest BCUT2D eigenvalue weighted by atomic mass is 10.1. The molecule has 3 nitrogen and oxygen atoms in total. The first-order valence-electron chi connectivity index (χ1n) is 4.88. The zero-order valence-corrected chi connectivity index (χ0v) is 8.94. The summed E-state index contributed by atoms with van der Waals surface area (Å²) in [5.41, 5.74) is 1.83. The fraction of sp³-hybridized carbons (Fsp3) is 0.250. The van der Waals surface area contributed by atoms with Crippen molar-refractivity contribution in [1.82, 2.24) is 9.88 Å². The average molecular weight is 202 g/mol. The van der Waals surface area contributed by atoms with Gasteiger partial charge in [0.05, 0.1) is 5.52 Å². The summed E-state index contributed by atoms with van der Waals surface area (Å²) in [6.45, 7) is 0.721. The minimum absolute atomic E-state index is 0.337. The molecule has 0 atom stereocenters. The molecule has 2 rings (SSSR count). The molecule has 0 amide bonds. The standard InChI is InChI=1S/C12H14N2O/c1-14(2)8-10-6-11-9(7-12(10)15)4-3-5-13-11/h3-7,15H,8H2,1-2H3. The Kier molecular flexibility index (Phi) is 2.56. The second kappa shape index (κ2) is 3.87. The molecule has 1 heterocycles. The van der Waals surface area contributed by atoms with Crippen LogP contribution in [0.3, 0.4) is 0 Å². The number of nitrogens with zero attached hydrogens (tertiary/aromatic N) is 2. The van der Waals surface area contributed by atoms with Gasteiger partial charge in [0, 0.05) is 23.7 Å². The Balaban J connectivity index is 2.52. The van der Waals surface area contributed by atoms with Crippen molar-refractivity contribution in [3.05, 3.63) is 36.0 Å². The van der Waals surface area contributed by atoms with E-state index in [1.54, 1.807) is 12.3 Å². The molecular formula is C12H14N2O. The number of aromatic nitrogens is 1. The highest BCUT2D eigenvalue weighted by Crippen LogP contribution is 2.24. The van der Waals surface area contributed by atoms with E-state index in [0.29, 0.717) is 5.75 Å². The quantitative estimate of drug-likeness (QED) is 0.809. The number of hydrogen-bond acceptors (Lipinski definition) is 3. The summed E-state index contributed by atoms with van der Waals surface area (Å²) in [4.78, 5) is 6.28. The van der Waals surface area contributed by atoms with Crippen LogP contribution in [-0.2, 0) is 6.54 Å². The Bertz CT molecular complexity index is 480. The van der Waals surface area contributed by atoms with Crippen LogP contribution >= 0.6 is 0 Å². The number of phenolic OH excluding ortho intramolecular Hbond substituents is 1. The molecule has 78 valence electrons. The number of aromatic hydroxyl groups is 1. The van der Waals surface area contributed by atoms with Crippen LogP contribution in [0.25, 0.3) is 10.9 Å². The van der Waals surface area contributed by atoms with Crippen LogP contribution in [0.15, 0.2) is 30.5 Å². The van der Waals surface area contributed by atoms with Gasteiger partial charge in [-0.25, -0.2) is 0 Å². The van der Waals surface area contributed by atoms with Gasteiger partial charge in [-0.2, -0.15) is 0 Å². The summed E-state index contributed by atoms with van der Waals surface area (Å²) < 4.78 is 0. The molecule has 1 N–H and O–H groups in total. The van der Waals surface area contributed by atoms with Crippen molar-refractivity contribution >= 4 is 10.9 Å². The third kappa shape index (κ3) is 2.07. The highest BCUT2D eigenvalue weighted by molar-refractivity contribution is 5.81. The van der Waals surface area contributed by atoms with E-state index in [2.05, 4.69) is 4.98 Å². The summed E-state index contributed by atoms with van der Waals surface area (Å²) in [6, 6.07) is 7.51. The van der Waals surface area contributed by atoms with E-state index in [1.807, 2.05) is 37.2 Å². The Morgan fingerprint density at radius 2 is 2.13 bits per heavy atom. The van der Waals surface area contributed by atoms with Crippen molar-refractivity contribution in [2.24, 2.45) is 0 Å². The lowest BCUT2D eigenvalue weighted by molar-refractivity contribution is 0.386. The van der Waals surface area contributed by atoms with Gasteiger partial charge in [0.2, 0.25) is 0 Å². The first kappa shape index (κ1) is 9.93. The van der Waals surface area contributed by atoms with Crippen molar-refractivity contribution < 1.29 is 5.11 Å². The second-order valence-electron chi connectivity index (χ2n) is 3.91. The molecular weight excluding hydrogens is 188 g/mol. The molecule has 1 aromatic heterocycles. The van der Waals surface area contributed by atoms with Crippen molar-refractivity contribution in [3.63, 3.8) is 0 Å². The molecule has 0 bridgehead atoms. The van der Waals surface area contributed by atoms with Crippen LogP contribution in [0.1, 0.15) is 5.56 Å². The average Bonchev–Trinajstić information content (AvgIpc) is 2.18. The van der Waals surface area contributed by atoms with Gasteiger partial charge in [0.25, 0.3) is 0 Å². The van der Waals surface area contributed by atoms with E-state index in [1.165, 1.54) is 0 Å². The first-order valence-corrected chi connectivity index (χ1v) is 4.88. The van der Waals surface area contributed by atoms with Crippen LogP contribution < -0.4 is 0 Å². The van der Waals surface area contributed by atoms with Crippen LogP contribution in [0.4, 0.5) is 0 Å². The molecule has 2 aromatic rings. The monoisotopic (exact) mass is 202 g/mol. The van der Waals surface area contributed by atoms with Gasteiger partial charge < -0.3 is 10.0 Å². The fourth-order valence-electron chi connectivity index (χ4n) is 1.62. The zero-order chi connectivity index (χ0) is 10.8. The fourth-order valence-corrected chi connectivity index (χ4v) is 1.62. The molecule has 0 saturated heterocycles. The van der Waals surface area contributed by atoms with E-state index in [4.69, 9.17) is 0 Å². The van der Waals surface area contributed by atoms with Crippen LogP contribution in [0.5, 0.6) is 5.75 Å². The maximum absolute atomic E-state index is 9.80. The second-order valence-corrected chi connectivity index (χ2v) is 3.91. The summed E-state index contributed by atoms with van der Waals surface area (Å²) in [7, 11) is 3.95. The van der Waals surface area contributed by atoms with Gasteiger partial charge >= 0.3 is 0 Å². The molecule has 0 saturated carbocycles. The molecule has 0 aliphatic carbocycles.